The minimum absolute atomic E-state index is 1.51. The molecule has 0 saturated carbocycles. The van der Waals surface area contributed by atoms with Crippen molar-refractivity contribution in [2.75, 3.05) is 0 Å². The monoisotopic (exact) mass is 69.0 g/mol. The molecule has 1 aliphatic heterocycles. The van der Waals surface area contributed by atoms with Crippen molar-refractivity contribution in [3.63, 3.8) is 0 Å². The van der Waals surface area contributed by atoms with Crippen molar-refractivity contribution in [2.45, 2.75) is 0 Å². The van der Waals surface area contributed by atoms with Crippen molar-refractivity contribution in [3.05, 3.63) is 18.9 Å². The van der Waals surface area contributed by atoms with E-state index in [9.17, 15) is 0 Å². The van der Waals surface area contributed by atoms with Gasteiger partial charge in [-0.15, -0.1) is 5.48 Å². The van der Waals surface area contributed by atoms with E-state index in [1.165, 1.54) is 6.26 Å². The van der Waals surface area contributed by atoms with Crippen molar-refractivity contribution in [1.82, 2.24) is 5.48 Å². The molecule has 0 atom stereocenters. The molecule has 0 bridgehead atoms. The van der Waals surface area contributed by atoms with Crippen LogP contribution >= 0.6 is 0 Å². The molecule has 1 N–H and O–H groups in total. The molecule has 0 aromatic rings. The molecule has 1 aliphatic rings. The van der Waals surface area contributed by atoms with Crippen LogP contribution in [0.15, 0.2) is 12.3 Å². The zero-order chi connectivity index (χ0) is 3.54. The first-order chi connectivity index (χ1) is 2.50. The first-order valence-corrected chi connectivity index (χ1v) is 1.31. The lowest BCUT2D eigenvalue weighted by Crippen LogP contribution is -1.96. The second-order valence-corrected chi connectivity index (χ2v) is 0.667. The number of hydrogen-bond acceptors (Lipinski definition) is 2. The molecule has 1 heterocycles. The summed E-state index contributed by atoms with van der Waals surface area (Å²) in [6.07, 6.45) is 3.17. The average molecular weight is 69.1 g/mol. The van der Waals surface area contributed by atoms with Crippen LogP contribution in [-0.2, 0) is 4.84 Å². The van der Waals surface area contributed by atoms with Crippen LogP contribution < -0.4 is 5.48 Å². The first-order valence-electron chi connectivity index (χ1n) is 1.31. The normalized spacial score (nSPS) is 19.2. The van der Waals surface area contributed by atoms with Crippen molar-refractivity contribution < 1.29 is 4.84 Å². The predicted molar refractivity (Wildman–Crippen MR) is 16.6 cm³/mol. The van der Waals surface area contributed by atoms with E-state index >= 15 is 0 Å². The Labute approximate surface area is 30.4 Å². The fourth-order valence-corrected chi connectivity index (χ4v) is 0.170. The van der Waals surface area contributed by atoms with E-state index in [1.807, 2.05) is 0 Å². The summed E-state index contributed by atoms with van der Waals surface area (Å²) in [4.78, 5) is 4.40. The molecule has 1 rings (SSSR count). The summed E-state index contributed by atoms with van der Waals surface area (Å²) in [6, 6.07) is 0. The highest BCUT2D eigenvalue weighted by Crippen LogP contribution is 1.83. The third-order valence-electron chi connectivity index (χ3n) is 0.337. The summed E-state index contributed by atoms with van der Waals surface area (Å²) in [6.45, 7) is 2.57. The molecule has 0 spiro atoms. The van der Waals surface area contributed by atoms with Gasteiger partial charge in [0.1, 0.15) is 12.8 Å². The molecule has 0 amide bonds. The van der Waals surface area contributed by atoms with Crippen LogP contribution in [0.2, 0.25) is 0 Å². The van der Waals surface area contributed by atoms with Crippen LogP contribution in [-0.4, -0.2) is 0 Å². The summed E-state index contributed by atoms with van der Waals surface area (Å²) in [7, 11) is 0. The molecule has 0 fully saturated rings. The van der Waals surface area contributed by atoms with Gasteiger partial charge in [0.2, 0.25) is 0 Å². The Balaban J connectivity index is 2.32. The van der Waals surface area contributed by atoms with Crippen molar-refractivity contribution in [3.8, 4) is 0 Å². The van der Waals surface area contributed by atoms with Crippen LogP contribution in [0.3, 0.4) is 0 Å². The molecule has 2 nitrogen and oxygen atoms in total. The molecule has 2 radical (unpaired) electrons. The Bertz CT molecular complexity index is 44.9. The first kappa shape index (κ1) is 2.72. The maximum Gasteiger partial charge on any atom is 0.130 e. The third kappa shape index (κ3) is 0.389. The smallest absolute Gasteiger partial charge is 0.130 e. The van der Waals surface area contributed by atoms with Gasteiger partial charge >= 0.3 is 0 Å². The quantitative estimate of drug-likeness (QED) is 0.434. The second-order valence-electron chi connectivity index (χ2n) is 0.667. The number of rotatable bonds is 0. The standard InChI is InChI=1S/C3H3NO/c1-2-4-5-3-1/h1,3-4H. The van der Waals surface area contributed by atoms with Crippen molar-refractivity contribution >= 4 is 0 Å². The fraction of sp³-hybridized carbons (Fsp3) is 0. The maximum atomic E-state index is 4.40. The molecule has 0 unspecified atom stereocenters. The molecule has 0 aromatic carbocycles. The van der Waals surface area contributed by atoms with Gasteiger partial charge in [-0.3, -0.25) is 0 Å². The van der Waals surface area contributed by atoms with Crippen LogP contribution in [0, 0.1) is 6.54 Å². The molecule has 0 saturated heterocycles. The predicted octanol–water partition coefficient (Wildman–Crippen LogP) is 0.0737. The number of hydroxylamine groups is 1. The van der Waals surface area contributed by atoms with E-state index in [4.69, 9.17) is 0 Å². The molecule has 0 aromatic heterocycles. The summed E-state index contributed by atoms with van der Waals surface area (Å²) in [5.41, 5.74) is 2.36. The van der Waals surface area contributed by atoms with Gasteiger partial charge in [0, 0.05) is 0 Å². The zero-order valence-electron chi connectivity index (χ0n) is 2.56. The second kappa shape index (κ2) is 1.08. The lowest BCUT2D eigenvalue weighted by Gasteiger charge is -1.81. The minimum atomic E-state index is 1.51. The van der Waals surface area contributed by atoms with Gasteiger partial charge < -0.3 is 4.84 Å². The summed E-state index contributed by atoms with van der Waals surface area (Å²) in [5.74, 6) is 0. The van der Waals surface area contributed by atoms with E-state index in [0.717, 1.165) is 0 Å². The van der Waals surface area contributed by atoms with E-state index < -0.39 is 0 Å². The van der Waals surface area contributed by atoms with Crippen LogP contribution in [0.1, 0.15) is 0 Å². The third-order valence-corrected chi connectivity index (χ3v) is 0.337. The molecule has 0 aliphatic carbocycles. The largest absolute Gasteiger partial charge is 0.416 e. The van der Waals surface area contributed by atoms with Gasteiger partial charge in [0.05, 0.1) is 0 Å². The molecular weight excluding hydrogens is 66.0 g/mol. The van der Waals surface area contributed by atoms with Gasteiger partial charge in [-0.1, -0.05) is 0 Å². The molecule has 5 heavy (non-hydrogen) atoms. The van der Waals surface area contributed by atoms with Crippen LogP contribution in [0.5, 0.6) is 0 Å². The van der Waals surface area contributed by atoms with Crippen molar-refractivity contribution in [2.24, 2.45) is 0 Å². The average Bonchev–Trinajstić information content (AvgIpc) is 1.76. The van der Waals surface area contributed by atoms with E-state index in [1.54, 1.807) is 6.08 Å². The van der Waals surface area contributed by atoms with Gasteiger partial charge in [-0.25, -0.2) is 0 Å². The summed E-state index contributed by atoms with van der Waals surface area (Å²) < 4.78 is 0. The minimum Gasteiger partial charge on any atom is -0.416 e. The Kier molecular flexibility index (Phi) is 0.588. The Morgan fingerprint density at radius 3 is 3.00 bits per heavy atom. The Hall–Kier alpha value is -0.500. The SMILES string of the molecule is [C]1C=CON1. The van der Waals surface area contributed by atoms with Crippen molar-refractivity contribution in [1.29, 1.82) is 0 Å². The molecule has 26 valence electrons. The van der Waals surface area contributed by atoms with Crippen LogP contribution in [0.4, 0.5) is 0 Å². The lowest BCUT2D eigenvalue weighted by molar-refractivity contribution is 0.184. The highest BCUT2D eigenvalue weighted by molar-refractivity contribution is 4.90. The van der Waals surface area contributed by atoms with E-state index in [0.29, 0.717) is 0 Å². The molecular formula is C3H3NO. The van der Waals surface area contributed by atoms with E-state index in [-0.39, 0.29) is 0 Å². The van der Waals surface area contributed by atoms with E-state index in [2.05, 4.69) is 16.9 Å². The topological polar surface area (TPSA) is 21.3 Å². The number of hydrogen-bond donors (Lipinski definition) is 1. The summed E-state index contributed by atoms with van der Waals surface area (Å²) >= 11 is 0. The summed E-state index contributed by atoms with van der Waals surface area (Å²) in [5, 5.41) is 0. The van der Waals surface area contributed by atoms with Gasteiger partial charge in [-0.2, -0.15) is 0 Å². The molecule has 2 heteroatoms. The van der Waals surface area contributed by atoms with Gasteiger partial charge in [0.15, 0.2) is 0 Å². The fourth-order valence-electron chi connectivity index (χ4n) is 0.170. The zero-order valence-corrected chi connectivity index (χ0v) is 2.56. The highest BCUT2D eigenvalue weighted by atomic mass is 16.6. The van der Waals surface area contributed by atoms with Gasteiger partial charge in [-0.05, 0) is 6.08 Å². The van der Waals surface area contributed by atoms with Gasteiger partial charge in [0.25, 0.3) is 0 Å². The Morgan fingerprint density at radius 2 is 2.80 bits per heavy atom. The van der Waals surface area contributed by atoms with Crippen LogP contribution in [0.25, 0.3) is 0 Å². The Morgan fingerprint density at radius 1 is 1.80 bits per heavy atom. The highest BCUT2D eigenvalue weighted by Gasteiger charge is 1.84. The number of nitrogens with one attached hydrogen (secondary N) is 1. The lowest BCUT2D eigenvalue weighted by atomic mass is 10.7. The maximum absolute atomic E-state index is 4.40.